The highest BCUT2D eigenvalue weighted by Crippen LogP contribution is 2.21. The van der Waals surface area contributed by atoms with E-state index in [1.807, 2.05) is 13.8 Å². The molecule has 1 heterocycles. The molecule has 1 rings (SSSR count). The third kappa shape index (κ3) is 3.28. The van der Waals surface area contributed by atoms with Crippen LogP contribution in [-0.4, -0.2) is 42.4 Å². The molecule has 0 aliphatic heterocycles. The van der Waals surface area contributed by atoms with Crippen LogP contribution in [0.5, 0.6) is 5.75 Å². The highest BCUT2D eigenvalue weighted by Gasteiger charge is 2.20. The molecule has 0 aliphatic rings. The molecule has 1 aromatic rings. The number of hydrogen-bond donors (Lipinski definition) is 1. The number of nitrogens with two attached hydrogens (primary N) is 1. The van der Waals surface area contributed by atoms with Crippen molar-refractivity contribution in [1.82, 2.24) is 9.78 Å². The van der Waals surface area contributed by atoms with Crippen molar-refractivity contribution >= 4 is 5.78 Å². The van der Waals surface area contributed by atoms with Gasteiger partial charge in [-0.3, -0.25) is 9.48 Å². The standard InChI is InChI=1S/C11H19N3O3/c1-8(2)14-11(10(16-3)6-13-14)9(15)7-17-5-4-12/h6,8H,4-5,7,12H2,1-3H3. The number of carbonyl (C=O) groups is 1. The molecule has 0 spiro atoms. The van der Waals surface area contributed by atoms with Crippen LogP contribution in [0.15, 0.2) is 6.20 Å². The Bertz CT molecular complexity index is 374. The quantitative estimate of drug-likeness (QED) is 0.559. The van der Waals surface area contributed by atoms with Crippen molar-refractivity contribution in [2.45, 2.75) is 19.9 Å². The first-order valence-corrected chi connectivity index (χ1v) is 5.54. The Kier molecular flexibility index (Phi) is 5.11. The van der Waals surface area contributed by atoms with E-state index < -0.39 is 0 Å². The Hall–Kier alpha value is -1.40. The molecule has 0 saturated heterocycles. The third-order valence-corrected chi connectivity index (χ3v) is 2.23. The monoisotopic (exact) mass is 241 g/mol. The van der Waals surface area contributed by atoms with Crippen molar-refractivity contribution in [2.24, 2.45) is 5.73 Å². The molecule has 0 unspecified atom stereocenters. The summed E-state index contributed by atoms with van der Waals surface area (Å²) in [5.74, 6) is 0.321. The van der Waals surface area contributed by atoms with Gasteiger partial charge in [-0.05, 0) is 13.8 Å². The van der Waals surface area contributed by atoms with E-state index in [9.17, 15) is 4.79 Å². The zero-order valence-corrected chi connectivity index (χ0v) is 10.5. The molecule has 0 saturated carbocycles. The van der Waals surface area contributed by atoms with E-state index in [-0.39, 0.29) is 18.4 Å². The normalized spacial score (nSPS) is 10.9. The minimum Gasteiger partial charge on any atom is -0.493 e. The number of nitrogens with zero attached hydrogens (tertiary/aromatic N) is 2. The molecule has 0 fully saturated rings. The SMILES string of the molecule is COc1cnn(C(C)C)c1C(=O)COCCN. The second-order valence-corrected chi connectivity index (χ2v) is 3.86. The number of rotatable bonds is 7. The minimum atomic E-state index is -0.151. The van der Waals surface area contributed by atoms with Gasteiger partial charge in [0.15, 0.2) is 5.75 Å². The average molecular weight is 241 g/mol. The number of aromatic nitrogens is 2. The maximum Gasteiger partial charge on any atom is 0.210 e. The van der Waals surface area contributed by atoms with Crippen LogP contribution in [0, 0.1) is 0 Å². The van der Waals surface area contributed by atoms with Gasteiger partial charge in [-0.2, -0.15) is 5.10 Å². The smallest absolute Gasteiger partial charge is 0.210 e. The van der Waals surface area contributed by atoms with Gasteiger partial charge in [-0.1, -0.05) is 0 Å². The Morgan fingerprint density at radius 2 is 2.29 bits per heavy atom. The Morgan fingerprint density at radius 1 is 1.59 bits per heavy atom. The first-order valence-electron chi connectivity index (χ1n) is 5.54. The zero-order valence-electron chi connectivity index (χ0n) is 10.5. The second-order valence-electron chi connectivity index (χ2n) is 3.86. The highest BCUT2D eigenvalue weighted by atomic mass is 16.5. The van der Waals surface area contributed by atoms with Crippen LogP contribution >= 0.6 is 0 Å². The predicted molar refractivity (Wildman–Crippen MR) is 63.4 cm³/mol. The van der Waals surface area contributed by atoms with Gasteiger partial charge < -0.3 is 15.2 Å². The van der Waals surface area contributed by atoms with Crippen LogP contribution in [0.1, 0.15) is 30.4 Å². The number of ketones is 1. The first kappa shape index (κ1) is 13.7. The number of carbonyl (C=O) groups excluding carboxylic acids is 1. The fourth-order valence-electron chi connectivity index (χ4n) is 1.47. The lowest BCUT2D eigenvalue weighted by Gasteiger charge is -2.11. The van der Waals surface area contributed by atoms with Gasteiger partial charge in [0.1, 0.15) is 12.3 Å². The van der Waals surface area contributed by atoms with Gasteiger partial charge in [0.2, 0.25) is 5.78 Å². The third-order valence-electron chi connectivity index (χ3n) is 2.23. The van der Waals surface area contributed by atoms with Crippen LogP contribution in [0.3, 0.4) is 0 Å². The number of methoxy groups -OCH3 is 1. The largest absolute Gasteiger partial charge is 0.493 e. The molecule has 0 radical (unpaired) electrons. The van der Waals surface area contributed by atoms with Crippen LogP contribution in [-0.2, 0) is 4.74 Å². The van der Waals surface area contributed by atoms with E-state index in [0.717, 1.165) is 0 Å². The van der Waals surface area contributed by atoms with Crippen LogP contribution < -0.4 is 10.5 Å². The summed E-state index contributed by atoms with van der Waals surface area (Å²) in [7, 11) is 1.51. The lowest BCUT2D eigenvalue weighted by Crippen LogP contribution is -2.19. The fourth-order valence-corrected chi connectivity index (χ4v) is 1.47. The molecule has 6 heteroatoms. The summed E-state index contributed by atoms with van der Waals surface area (Å²) in [6, 6.07) is 0.0901. The van der Waals surface area contributed by atoms with E-state index in [4.69, 9.17) is 15.2 Å². The maximum absolute atomic E-state index is 12.0. The molecule has 2 N–H and O–H groups in total. The number of hydrogen-bond acceptors (Lipinski definition) is 5. The molecule has 0 aromatic carbocycles. The first-order chi connectivity index (χ1) is 8.11. The van der Waals surface area contributed by atoms with Gasteiger partial charge >= 0.3 is 0 Å². The Morgan fingerprint density at radius 3 is 2.82 bits per heavy atom. The molecule has 0 amide bonds. The summed E-state index contributed by atoms with van der Waals surface area (Å²) >= 11 is 0. The predicted octanol–water partition coefficient (Wildman–Crippen LogP) is 0.631. The van der Waals surface area contributed by atoms with Crippen molar-refractivity contribution in [3.05, 3.63) is 11.9 Å². The van der Waals surface area contributed by atoms with Gasteiger partial charge in [0.25, 0.3) is 0 Å². The molecule has 0 bridgehead atoms. The summed E-state index contributed by atoms with van der Waals surface area (Å²) in [5.41, 5.74) is 5.73. The van der Waals surface area contributed by atoms with E-state index in [1.54, 1.807) is 4.68 Å². The maximum atomic E-state index is 12.0. The van der Waals surface area contributed by atoms with E-state index in [1.165, 1.54) is 13.3 Å². The number of Topliss-reactive ketones (excluding diaryl/α,β-unsaturated/α-hetero) is 1. The van der Waals surface area contributed by atoms with Crippen LogP contribution in [0.2, 0.25) is 0 Å². The molecule has 96 valence electrons. The zero-order chi connectivity index (χ0) is 12.8. The molecule has 0 atom stereocenters. The van der Waals surface area contributed by atoms with Gasteiger partial charge in [0, 0.05) is 12.6 Å². The summed E-state index contributed by atoms with van der Waals surface area (Å²) in [5, 5.41) is 4.13. The van der Waals surface area contributed by atoms with Crippen molar-refractivity contribution in [3.8, 4) is 5.75 Å². The summed E-state index contributed by atoms with van der Waals surface area (Å²) in [6.07, 6.45) is 1.54. The number of ether oxygens (including phenoxy) is 2. The lowest BCUT2D eigenvalue weighted by molar-refractivity contribution is 0.0758. The molecule has 1 aromatic heterocycles. The molecule has 6 nitrogen and oxygen atoms in total. The highest BCUT2D eigenvalue weighted by molar-refractivity contribution is 5.98. The summed E-state index contributed by atoms with van der Waals surface area (Å²) in [4.78, 5) is 12.0. The van der Waals surface area contributed by atoms with Crippen molar-refractivity contribution in [2.75, 3.05) is 26.9 Å². The molecular formula is C11H19N3O3. The van der Waals surface area contributed by atoms with Crippen molar-refractivity contribution in [3.63, 3.8) is 0 Å². The summed E-state index contributed by atoms with van der Waals surface area (Å²) < 4.78 is 11.9. The topological polar surface area (TPSA) is 79.4 Å². The van der Waals surface area contributed by atoms with Gasteiger partial charge in [-0.15, -0.1) is 0 Å². The minimum absolute atomic E-state index is 0.00796. The van der Waals surface area contributed by atoms with E-state index in [2.05, 4.69) is 5.10 Å². The average Bonchev–Trinajstić information content (AvgIpc) is 2.72. The van der Waals surface area contributed by atoms with E-state index in [0.29, 0.717) is 24.6 Å². The van der Waals surface area contributed by atoms with Crippen LogP contribution in [0.4, 0.5) is 0 Å². The Balaban J connectivity index is 2.85. The molecule has 17 heavy (non-hydrogen) atoms. The molecular weight excluding hydrogens is 222 g/mol. The van der Waals surface area contributed by atoms with Gasteiger partial charge in [0.05, 0.1) is 19.9 Å². The fraction of sp³-hybridized carbons (Fsp3) is 0.636. The van der Waals surface area contributed by atoms with Gasteiger partial charge in [-0.25, -0.2) is 0 Å². The van der Waals surface area contributed by atoms with Crippen LogP contribution in [0.25, 0.3) is 0 Å². The second kappa shape index (κ2) is 6.36. The Labute approximate surface area is 101 Å². The van der Waals surface area contributed by atoms with Crippen molar-refractivity contribution < 1.29 is 14.3 Å². The van der Waals surface area contributed by atoms with E-state index >= 15 is 0 Å². The summed E-state index contributed by atoms with van der Waals surface area (Å²) in [6.45, 7) is 4.65. The van der Waals surface area contributed by atoms with Crippen molar-refractivity contribution in [1.29, 1.82) is 0 Å². The molecule has 0 aliphatic carbocycles. The lowest BCUT2D eigenvalue weighted by atomic mass is 10.2.